The number of rotatable bonds is 8. The SMILES string of the molecule is CC[C@@H](C)NC(=O)c1ccc2c(=O)n(CC(C)C)c3nnc(SCc4ccc(F)cc4)n3c2c1. The highest BCUT2D eigenvalue weighted by atomic mass is 32.2. The van der Waals surface area contributed by atoms with Crippen LogP contribution in [-0.2, 0) is 12.3 Å². The Morgan fingerprint density at radius 3 is 2.53 bits per heavy atom. The van der Waals surface area contributed by atoms with E-state index in [1.165, 1.54) is 23.9 Å². The Morgan fingerprint density at radius 1 is 1.12 bits per heavy atom. The molecule has 4 aromatic rings. The molecule has 0 unspecified atom stereocenters. The molecule has 9 heteroatoms. The lowest BCUT2D eigenvalue weighted by Crippen LogP contribution is -2.32. The van der Waals surface area contributed by atoms with Crippen LogP contribution < -0.4 is 10.9 Å². The maximum atomic E-state index is 13.3. The number of fused-ring (bicyclic) bond motifs is 3. The van der Waals surface area contributed by atoms with Crippen molar-refractivity contribution in [2.45, 2.75) is 57.6 Å². The molecule has 0 bridgehead atoms. The summed E-state index contributed by atoms with van der Waals surface area (Å²) in [5.41, 5.74) is 1.84. The van der Waals surface area contributed by atoms with Crippen molar-refractivity contribution in [1.82, 2.24) is 24.5 Å². The van der Waals surface area contributed by atoms with Crippen molar-refractivity contribution in [3.8, 4) is 0 Å². The molecular weight excluding hydrogens is 453 g/mol. The van der Waals surface area contributed by atoms with Crippen molar-refractivity contribution < 1.29 is 9.18 Å². The molecular formula is C25H28FN5O2S. The van der Waals surface area contributed by atoms with Crippen molar-refractivity contribution in [3.05, 3.63) is 69.8 Å². The molecule has 1 N–H and O–H groups in total. The minimum absolute atomic E-state index is 0.0407. The molecule has 7 nitrogen and oxygen atoms in total. The number of carbonyl (C=O) groups excluding carboxylic acids is 1. The molecule has 0 radical (unpaired) electrons. The van der Waals surface area contributed by atoms with Crippen LogP contribution in [0, 0.1) is 11.7 Å². The summed E-state index contributed by atoms with van der Waals surface area (Å²) in [5.74, 6) is 0.747. The first-order valence-electron chi connectivity index (χ1n) is 11.4. The zero-order valence-electron chi connectivity index (χ0n) is 19.7. The molecule has 2 heterocycles. The highest BCUT2D eigenvalue weighted by molar-refractivity contribution is 7.98. The summed E-state index contributed by atoms with van der Waals surface area (Å²) in [4.78, 5) is 26.1. The lowest BCUT2D eigenvalue weighted by atomic mass is 10.1. The third kappa shape index (κ3) is 4.84. The quantitative estimate of drug-likeness (QED) is 0.370. The van der Waals surface area contributed by atoms with Crippen LogP contribution in [-0.4, -0.2) is 31.1 Å². The van der Waals surface area contributed by atoms with E-state index in [0.717, 1.165) is 12.0 Å². The van der Waals surface area contributed by atoms with Crippen LogP contribution in [0.3, 0.4) is 0 Å². The van der Waals surface area contributed by atoms with Gasteiger partial charge in [-0.05, 0) is 55.2 Å². The summed E-state index contributed by atoms with van der Waals surface area (Å²) in [7, 11) is 0. The highest BCUT2D eigenvalue weighted by Gasteiger charge is 2.19. The average molecular weight is 482 g/mol. The van der Waals surface area contributed by atoms with E-state index in [0.29, 0.717) is 39.7 Å². The van der Waals surface area contributed by atoms with E-state index in [4.69, 9.17) is 0 Å². The van der Waals surface area contributed by atoms with E-state index in [2.05, 4.69) is 15.5 Å². The number of carbonyl (C=O) groups is 1. The van der Waals surface area contributed by atoms with Crippen LogP contribution in [0.5, 0.6) is 0 Å². The zero-order valence-corrected chi connectivity index (χ0v) is 20.5. The molecule has 4 rings (SSSR count). The molecule has 1 amide bonds. The van der Waals surface area contributed by atoms with Crippen LogP contribution in [0.1, 0.15) is 50.0 Å². The molecule has 2 aromatic carbocycles. The molecule has 178 valence electrons. The van der Waals surface area contributed by atoms with Crippen molar-refractivity contribution >= 4 is 34.3 Å². The second-order valence-electron chi connectivity index (χ2n) is 8.86. The third-order valence-electron chi connectivity index (χ3n) is 5.65. The van der Waals surface area contributed by atoms with Gasteiger partial charge in [-0.3, -0.25) is 18.6 Å². The van der Waals surface area contributed by atoms with Gasteiger partial charge in [0.15, 0.2) is 5.16 Å². The summed E-state index contributed by atoms with van der Waals surface area (Å²) in [6, 6.07) is 11.5. The molecule has 0 aliphatic carbocycles. The summed E-state index contributed by atoms with van der Waals surface area (Å²) >= 11 is 1.44. The number of nitrogens with zero attached hydrogens (tertiary/aromatic N) is 4. The Balaban J connectivity index is 1.85. The first-order chi connectivity index (χ1) is 16.3. The van der Waals surface area contributed by atoms with Crippen LogP contribution >= 0.6 is 11.8 Å². The van der Waals surface area contributed by atoms with Gasteiger partial charge >= 0.3 is 0 Å². The summed E-state index contributed by atoms with van der Waals surface area (Å²) in [5, 5.41) is 12.8. The van der Waals surface area contributed by atoms with E-state index in [9.17, 15) is 14.0 Å². The molecule has 0 saturated heterocycles. The second-order valence-corrected chi connectivity index (χ2v) is 9.80. The first kappa shape index (κ1) is 23.9. The highest BCUT2D eigenvalue weighted by Crippen LogP contribution is 2.26. The van der Waals surface area contributed by atoms with Gasteiger partial charge in [-0.1, -0.05) is 44.7 Å². The first-order valence-corrected chi connectivity index (χ1v) is 12.4. The van der Waals surface area contributed by atoms with Crippen LogP contribution in [0.25, 0.3) is 16.7 Å². The van der Waals surface area contributed by atoms with Crippen molar-refractivity contribution in [2.75, 3.05) is 0 Å². The molecule has 0 aliphatic rings. The normalized spacial score (nSPS) is 12.5. The van der Waals surface area contributed by atoms with Gasteiger partial charge in [0, 0.05) is 23.9 Å². The molecule has 34 heavy (non-hydrogen) atoms. The molecule has 2 aromatic heterocycles. The largest absolute Gasteiger partial charge is 0.350 e. The maximum absolute atomic E-state index is 13.3. The van der Waals surface area contributed by atoms with Gasteiger partial charge in [-0.2, -0.15) is 0 Å². The Hall–Kier alpha value is -3.20. The number of aromatic nitrogens is 4. The van der Waals surface area contributed by atoms with Crippen molar-refractivity contribution in [1.29, 1.82) is 0 Å². The van der Waals surface area contributed by atoms with E-state index in [-0.39, 0.29) is 29.2 Å². The van der Waals surface area contributed by atoms with Gasteiger partial charge in [0.05, 0.1) is 10.9 Å². The lowest BCUT2D eigenvalue weighted by molar-refractivity contribution is 0.0939. The number of thioether (sulfide) groups is 1. The van der Waals surface area contributed by atoms with Gasteiger partial charge in [0.2, 0.25) is 5.78 Å². The summed E-state index contributed by atoms with van der Waals surface area (Å²) in [6.45, 7) is 8.53. The van der Waals surface area contributed by atoms with E-state index >= 15 is 0 Å². The average Bonchev–Trinajstić information content (AvgIpc) is 3.24. The van der Waals surface area contributed by atoms with Crippen LogP contribution in [0.2, 0.25) is 0 Å². The number of amides is 1. The fourth-order valence-electron chi connectivity index (χ4n) is 3.68. The molecule has 0 spiro atoms. The Labute approximate surface area is 201 Å². The number of halogens is 1. The molecule has 0 fully saturated rings. The number of benzene rings is 2. The van der Waals surface area contributed by atoms with Gasteiger partial charge in [0.1, 0.15) is 5.82 Å². The van der Waals surface area contributed by atoms with Crippen molar-refractivity contribution in [2.24, 2.45) is 5.92 Å². The van der Waals surface area contributed by atoms with Crippen LogP contribution in [0.15, 0.2) is 52.4 Å². The number of hydrogen-bond donors (Lipinski definition) is 1. The summed E-state index contributed by atoms with van der Waals surface area (Å²) < 4.78 is 16.8. The van der Waals surface area contributed by atoms with Gasteiger partial charge in [-0.25, -0.2) is 4.39 Å². The van der Waals surface area contributed by atoms with E-state index in [1.807, 2.05) is 32.1 Å². The molecule has 0 aliphatic heterocycles. The number of hydrogen-bond acceptors (Lipinski definition) is 5. The van der Waals surface area contributed by atoms with Gasteiger partial charge in [-0.15, -0.1) is 10.2 Å². The Kier molecular flexibility index (Phi) is 7.02. The van der Waals surface area contributed by atoms with E-state index < -0.39 is 0 Å². The third-order valence-corrected chi connectivity index (χ3v) is 6.65. The van der Waals surface area contributed by atoms with Crippen LogP contribution in [0.4, 0.5) is 4.39 Å². The fourth-order valence-corrected chi connectivity index (χ4v) is 4.58. The smallest absolute Gasteiger partial charge is 0.262 e. The monoisotopic (exact) mass is 481 g/mol. The second kappa shape index (κ2) is 9.97. The minimum atomic E-state index is -0.284. The van der Waals surface area contributed by atoms with Gasteiger partial charge < -0.3 is 5.32 Å². The summed E-state index contributed by atoms with van der Waals surface area (Å²) in [6.07, 6.45) is 0.819. The lowest BCUT2D eigenvalue weighted by Gasteiger charge is -2.15. The topological polar surface area (TPSA) is 81.3 Å². The number of nitrogens with one attached hydrogen (secondary N) is 1. The van der Waals surface area contributed by atoms with Crippen molar-refractivity contribution in [3.63, 3.8) is 0 Å². The Bertz CT molecular complexity index is 1390. The zero-order chi connectivity index (χ0) is 24.4. The predicted molar refractivity (Wildman–Crippen MR) is 133 cm³/mol. The standard InChI is InChI=1S/C25H28FN5O2S/c1-5-16(4)27-22(32)18-8-11-20-21(12-18)31-24(30(23(20)33)13-15(2)3)28-29-25(31)34-14-17-6-9-19(26)10-7-17/h6-12,15-16H,5,13-14H2,1-4H3,(H,27,32)/t16-/m1/s1. The molecule has 0 saturated carbocycles. The van der Waals surface area contributed by atoms with E-state index in [1.54, 1.807) is 34.9 Å². The minimum Gasteiger partial charge on any atom is -0.350 e. The maximum Gasteiger partial charge on any atom is 0.262 e. The predicted octanol–water partition coefficient (Wildman–Crippen LogP) is 4.66. The Morgan fingerprint density at radius 2 is 1.85 bits per heavy atom. The van der Waals surface area contributed by atoms with Gasteiger partial charge in [0.25, 0.3) is 11.5 Å². The fraction of sp³-hybridized carbons (Fsp3) is 0.360. The molecule has 1 atom stereocenters.